The molecule has 0 bridgehead atoms. The second-order valence-corrected chi connectivity index (χ2v) is 9.94. The molecule has 152 valence electrons. The monoisotopic (exact) mass is 466 g/mol. The Morgan fingerprint density at radius 3 is 2.76 bits per heavy atom. The molecule has 1 fully saturated rings. The molecule has 29 heavy (non-hydrogen) atoms. The number of aromatic amines is 1. The van der Waals surface area contributed by atoms with Gasteiger partial charge >= 0.3 is 0 Å². The van der Waals surface area contributed by atoms with E-state index in [1.807, 2.05) is 12.1 Å². The summed E-state index contributed by atoms with van der Waals surface area (Å²) in [6.07, 6.45) is 5.64. The van der Waals surface area contributed by atoms with Gasteiger partial charge in [0.05, 0.1) is 5.75 Å². The number of H-pyrrole nitrogens is 1. The van der Waals surface area contributed by atoms with Crippen molar-refractivity contribution in [2.75, 3.05) is 5.75 Å². The van der Waals surface area contributed by atoms with E-state index in [2.05, 4.69) is 15.3 Å². The maximum atomic E-state index is 12.5. The van der Waals surface area contributed by atoms with E-state index in [1.165, 1.54) is 29.5 Å². The highest BCUT2D eigenvalue weighted by molar-refractivity contribution is 7.99. The molecule has 10 heteroatoms. The lowest BCUT2D eigenvalue weighted by Gasteiger charge is -2.22. The summed E-state index contributed by atoms with van der Waals surface area (Å²) in [5, 5.41) is 4.09. The van der Waals surface area contributed by atoms with Crippen LogP contribution in [0.3, 0.4) is 0 Å². The summed E-state index contributed by atoms with van der Waals surface area (Å²) in [6.45, 7) is 0. The zero-order valence-electron chi connectivity index (χ0n) is 15.4. The van der Waals surface area contributed by atoms with Gasteiger partial charge in [-0.15, -0.1) is 0 Å². The maximum absolute atomic E-state index is 12.5. The van der Waals surface area contributed by atoms with Crippen molar-refractivity contribution in [1.82, 2.24) is 19.9 Å². The van der Waals surface area contributed by atoms with E-state index in [1.54, 1.807) is 16.7 Å². The van der Waals surface area contributed by atoms with E-state index >= 15 is 0 Å². The third kappa shape index (κ3) is 4.74. The normalized spacial score (nSPS) is 14.9. The second kappa shape index (κ2) is 8.99. The number of halogens is 1. The molecule has 2 heterocycles. The first-order valence-electron chi connectivity index (χ1n) is 9.35. The standard InChI is InChI=1S/C19H19ClN4O2S3/c20-11-6-8-13(9-7-11)24-16-15(29-19(24)27)17(26)23-18(22-16)28-10-14(25)21-12-4-2-1-3-5-12/h6-9,12H,1-5,10H2,(H,21,25)(H,22,23,26). The van der Waals surface area contributed by atoms with E-state index in [0.29, 0.717) is 24.5 Å². The van der Waals surface area contributed by atoms with Gasteiger partial charge in [-0.25, -0.2) is 4.98 Å². The molecule has 1 saturated carbocycles. The van der Waals surface area contributed by atoms with Crippen molar-refractivity contribution in [1.29, 1.82) is 0 Å². The van der Waals surface area contributed by atoms with Crippen molar-refractivity contribution >= 4 is 63.2 Å². The van der Waals surface area contributed by atoms with Crippen LogP contribution in [0.25, 0.3) is 16.0 Å². The van der Waals surface area contributed by atoms with Gasteiger partial charge in [-0.2, -0.15) is 0 Å². The van der Waals surface area contributed by atoms with Crippen LogP contribution < -0.4 is 10.9 Å². The number of carbonyl (C=O) groups is 1. The van der Waals surface area contributed by atoms with Crippen LogP contribution in [0.2, 0.25) is 5.02 Å². The van der Waals surface area contributed by atoms with E-state index in [-0.39, 0.29) is 23.3 Å². The fourth-order valence-electron chi connectivity index (χ4n) is 3.43. The lowest BCUT2D eigenvalue weighted by Crippen LogP contribution is -2.37. The number of nitrogens with zero attached hydrogens (tertiary/aromatic N) is 2. The fraction of sp³-hybridized carbons (Fsp3) is 0.368. The van der Waals surface area contributed by atoms with Crippen LogP contribution in [0.4, 0.5) is 0 Å². The quantitative estimate of drug-likeness (QED) is 0.323. The Morgan fingerprint density at radius 1 is 1.31 bits per heavy atom. The van der Waals surface area contributed by atoms with E-state index in [0.717, 1.165) is 31.4 Å². The first-order valence-corrected chi connectivity index (χ1v) is 11.9. The van der Waals surface area contributed by atoms with E-state index < -0.39 is 0 Å². The molecule has 1 aliphatic carbocycles. The first kappa shape index (κ1) is 20.6. The highest BCUT2D eigenvalue weighted by Gasteiger charge is 2.17. The first-order chi connectivity index (χ1) is 14.0. The summed E-state index contributed by atoms with van der Waals surface area (Å²) in [5.74, 6) is 0.168. The summed E-state index contributed by atoms with van der Waals surface area (Å²) in [6, 6.07) is 7.45. The molecule has 0 saturated heterocycles. The predicted octanol–water partition coefficient (Wildman–Crippen LogP) is 4.70. The number of rotatable bonds is 5. The molecule has 6 nitrogen and oxygen atoms in total. The van der Waals surface area contributed by atoms with Gasteiger partial charge in [-0.3, -0.25) is 14.2 Å². The van der Waals surface area contributed by atoms with Crippen molar-refractivity contribution in [2.24, 2.45) is 0 Å². The third-order valence-electron chi connectivity index (χ3n) is 4.82. The Labute approximate surface area is 185 Å². The van der Waals surface area contributed by atoms with Crippen molar-refractivity contribution in [3.63, 3.8) is 0 Å². The van der Waals surface area contributed by atoms with Crippen LogP contribution in [-0.2, 0) is 4.79 Å². The molecule has 0 atom stereocenters. The number of hydrogen-bond acceptors (Lipinski definition) is 6. The van der Waals surface area contributed by atoms with Crippen LogP contribution in [-0.4, -0.2) is 32.2 Å². The van der Waals surface area contributed by atoms with Crippen molar-refractivity contribution in [3.8, 4) is 5.69 Å². The van der Waals surface area contributed by atoms with Crippen molar-refractivity contribution in [2.45, 2.75) is 43.3 Å². The number of amides is 1. The molecule has 1 aliphatic rings. The average molecular weight is 467 g/mol. The number of thiazole rings is 1. The number of aromatic nitrogens is 3. The molecule has 0 radical (unpaired) electrons. The molecule has 0 spiro atoms. The number of fused-ring (bicyclic) bond motifs is 1. The van der Waals surface area contributed by atoms with Gasteiger partial charge in [0.2, 0.25) is 5.91 Å². The predicted molar refractivity (Wildman–Crippen MR) is 121 cm³/mol. The number of thioether (sulfide) groups is 1. The van der Waals surface area contributed by atoms with Crippen LogP contribution in [0.1, 0.15) is 32.1 Å². The van der Waals surface area contributed by atoms with Gasteiger partial charge in [0.15, 0.2) is 14.8 Å². The number of carbonyl (C=O) groups excluding carboxylic acids is 1. The van der Waals surface area contributed by atoms with Crippen molar-refractivity contribution in [3.05, 3.63) is 43.6 Å². The molecule has 1 aromatic carbocycles. The SMILES string of the molecule is O=C(CSc1nc2c(sc(=S)n2-c2ccc(Cl)cc2)c(=O)[nH]1)NC1CCCCC1. The van der Waals surface area contributed by atoms with Gasteiger partial charge in [0.1, 0.15) is 4.70 Å². The Kier molecular flexibility index (Phi) is 6.38. The maximum Gasteiger partial charge on any atom is 0.271 e. The average Bonchev–Trinajstić information content (AvgIpc) is 3.04. The smallest absolute Gasteiger partial charge is 0.271 e. The third-order valence-corrected chi connectivity index (χ3v) is 7.30. The Hall–Kier alpha value is -1.68. The molecule has 2 N–H and O–H groups in total. The largest absolute Gasteiger partial charge is 0.353 e. The minimum atomic E-state index is -0.256. The minimum Gasteiger partial charge on any atom is -0.353 e. The molecule has 0 aliphatic heterocycles. The van der Waals surface area contributed by atoms with Gasteiger partial charge in [0.25, 0.3) is 5.56 Å². The molecule has 2 aromatic heterocycles. The highest BCUT2D eigenvalue weighted by Crippen LogP contribution is 2.25. The molecule has 1 amide bonds. The highest BCUT2D eigenvalue weighted by atomic mass is 35.5. The van der Waals surface area contributed by atoms with Gasteiger partial charge < -0.3 is 10.3 Å². The minimum absolute atomic E-state index is 0.0375. The second-order valence-electron chi connectivity index (χ2n) is 6.89. The zero-order chi connectivity index (χ0) is 20.4. The number of hydrogen-bond donors (Lipinski definition) is 2. The summed E-state index contributed by atoms with van der Waals surface area (Å²) < 4.78 is 2.74. The van der Waals surface area contributed by atoms with E-state index in [4.69, 9.17) is 23.8 Å². The lowest BCUT2D eigenvalue weighted by atomic mass is 9.95. The summed E-state index contributed by atoms with van der Waals surface area (Å²) >= 11 is 13.9. The van der Waals surface area contributed by atoms with Crippen LogP contribution >= 0.6 is 46.9 Å². The Balaban J connectivity index is 1.57. The summed E-state index contributed by atoms with van der Waals surface area (Å²) in [7, 11) is 0. The summed E-state index contributed by atoms with van der Waals surface area (Å²) in [5.41, 5.74) is 1.02. The van der Waals surface area contributed by atoms with Crippen molar-refractivity contribution < 1.29 is 4.79 Å². The van der Waals surface area contributed by atoms with E-state index in [9.17, 15) is 9.59 Å². The fourth-order valence-corrected chi connectivity index (χ4v) is 5.49. The lowest BCUT2D eigenvalue weighted by molar-refractivity contribution is -0.119. The zero-order valence-corrected chi connectivity index (χ0v) is 18.6. The van der Waals surface area contributed by atoms with Gasteiger partial charge in [-0.05, 0) is 49.3 Å². The Morgan fingerprint density at radius 2 is 2.03 bits per heavy atom. The van der Waals surface area contributed by atoms with Crippen LogP contribution in [0.5, 0.6) is 0 Å². The molecule has 0 unspecified atom stereocenters. The topological polar surface area (TPSA) is 79.8 Å². The summed E-state index contributed by atoms with van der Waals surface area (Å²) in [4.78, 5) is 32.1. The molecule has 4 rings (SSSR count). The molecular weight excluding hydrogens is 448 g/mol. The van der Waals surface area contributed by atoms with Gasteiger partial charge in [-0.1, -0.05) is 54.0 Å². The molecule has 3 aromatic rings. The molecular formula is C19H19ClN4O2S3. The Bertz CT molecular complexity index is 1150. The number of nitrogens with one attached hydrogen (secondary N) is 2. The van der Waals surface area contributed by atoms with Crippen LogP contribution in [0.15, 0.2) is 34.2 Å². The number of benzene rings is 1. The van der Waals surface area contributed by atoms with Crippen LogP contribution in [0, 0.1) is 3.95 Å². The van der Waals surface area contributed by atoms with Gasteiger partial charge in [0, 0.05) is 16.8 Å².